The second-order valence-electron chi connectivity index (χ2n) is 5.40. The maximum absolute atomic E-state index is 11.9. The van der Waals surface area contributed by atoms with E-state index in [-0.39, 0.29) is 12.5 Å². The van der Waals surface area contributed by atoms with E-state index in [0.717, 1.165) is 5.57 Å². The summed E-state index contributed by atoms with van der Waals surface area (Å²) in [5.74, 6) is -0.374. The van der Waals surface area contributed by atoms with Crippen molar-refractivity contribution in [3.8, 4) is 0 Å². The summed E-state index contributed by atoms with van der Waals surface area (Å²) in [5.41, 5.74) is 0.995. The van der Waals surface area contributed by atoms with Crippen LogP contribution in [0.2, 0.25) is 0 Å². The molecule has 0 aliphatic carbocycles. The van der Waals surface area contributed by atoms with Gasteiger partial charge in [-0.2, -0.15) is 0 Å². The number of hydrogen-bond acceptors (Lipinski definition) is 4. The predicted octanol–water partition coefficient (Wildman–Crippen LogP) is 2.12. The SMILES string of the molecule is COC(=O)C1=C(C)CCN(C(=O)OC(C)(C)C)C1. The molecule has 1 heterocycles. The monoisotopic (exact) mass is 255 g/mol. The molecule has 0 aromatic carbocycles. The average Bonchev–Trinajstić information content (AvgIpc) is 2.26. The highest BCUT2D eigenvalue weighted by atomic mass is 16.6. The lowest BCUT2D eigenvalue weighted by molar-refractivity contribution is -0.136. The highest BCUT2D eigenvalue weighted by Gasteiger charge is 2.28. The maximum Gasteiger partial charge on any atom is 0.410 e. The number of methoxy groups -OCH3 is 1. The van der Waals surface area contributed by atoms with Crippen LogP contribution in [-0.2, 0) is 14.3 Å². The Labute approximate surface area is 108 Å². The second-order valence-corrected chi connectivity index (χ2v) is 5.40. The van der Waals surface area contributed by atoms with E-state index < -0.39 is 11.7 Å². The summed E-state index contributed by atoms with van der Waals surface area (Å²) in [5, 5.41) is 0. The number of ether oxygens (including phenoxy) is 2. The van der Waals surface area contributed by atoms with Gasteiger partial charge in [-0.1, -0.05) is 5.57 Å². The minimum absolute atomic E-state index is 0.257. The third-order valence-corrected chi connectivity index (χ3v) is 2.70. The van der Waals surface area contributed by atoms with Crippen molar-refractivity contribution in [3.05, 3.63) is 11.1 Å². The van der Waals surface area contributed by atoms with Crippen LogP contribution >= 0.6 is 0 Å². The summed E-state index contributed by atoms with van der Waals surface area (Å²) in [6, 6.07) is 0. The van der Waals surface area contributed by atoms with E-state index >= 15 is 0 Å². The van der Waals surface area contributed by atoms with Crippen LogP contribution < -0.4 is 0 Å². The molecule has 0 saturated carbocycles. The molecule has 0 unspecified atom stereocenters. The van der Waals surface area contributed by atoms with Crippen LogP contribution in [0.4, 0.5) is 4.79 Å². The molecule has 0 saturated heterocycles. The molecule has 0 fully saturated rings. The first-order chi connectivity index (χ1) is 8.24. The molecule has 18 heavy (non-hydrogen) atoms. The Morgan fingerprint density at radius 2 is 1.89 bits per heavy atom. The van der Waals surface area contributed by atoms with Crippen molar-refractivity contribution in [1.82, 2.24) is 4.90 Å². The van der Waals surface area contributed by atoms with E-state index in [2.05, 4.69) is 0 Å². The Morgan fingerprint density at radius 3 is 2.39 bits per heavy atom. The number of nitrogens with zero attached hydrogens (tertiary/aromatic N) is 1. The van der Waals surface area contributed by atoms with E-state index in [1.54, 1.807) is 0 Å². The number of rotatable bonds is 1. The van der Waals surface area contributed by atoms with Gasteiger partial charge in [0.15, 0.2) is 0 Å². The van der Waals surface area contributed by atoms with Crippen LogP contribution in [0.25, 0.3) is 0 Å². The maximum atomic E-state index is 11.9. The summed E-state index contributed by atoms with van der Waals surface area (Å²) in [6.45, 7) is 8.17. The lowest BCUT2D eigenvalue weighted by atomic mass is 10.0. The summed E-state index contributed by atoms with van der Waals surface area (Å²) < 4.78 is 10.00. The molecule has 0 N–H and O–H groups in total. The topological polar surface area (TPSA) is 55.8 Å². The first-order valence-electron chi connectivity index (χ1n) is 5.99. The molecule has 1 aliphatic heterocycles. The number of carbonyl (C=O) groups is 2. The predicted molar refractivity (Wildman–Crippen MR) is 67.1 cm³/mol. The Kier molecular flexibility index (Phi) is 4.38. The van der Waals surface area contributed by atoms with Gasteiger partial charge in [0.05, 0.1) is 19.2 Å². The van der Waals surface area contributed by atoms with E-state index in [9.17, 15) is 9.59 Å². The van der Waals surface area contributed by atoms with Gasteiger partial charge in [-0.15, -0.1) is 0 Å². The Bertz CT molecular complexity index is 379. The molecule has 0 aromatic heterocycles. The molecule has 1 amide bonds. The molecule has 0 atom stereocenters. The number of amides is 1. The van der Waals surface area contributed by atoms with Gasteiger partial charge in [0.25, 0.3) is 0 Å². The van der Waals surface area contributed by atoms with Crippen LogP contribution in [0.15, 0.2) is 11.1 Å². The summed E-state index contributed by atoms with van der Waals surface area (Å²) in [7, 11) is 1.34. The molecular weight excluding hydrogens is 234 g/mol. The first-order valence-corrected chi connectivity index (χ1v) is 5.99. The zero-order valence-corrected chi connectivity index (χ0v) is 11.7. The van der Waals surface area contributed by atoms with Crippen LogP contribution in [0.3, 0.4) is 0 Å². The van der Waals surface area contributed by atoms with Crippen LogP contribution in [0.5, 0.6) is 0 Å². The van der Waals surface area contributed by atoms with Gasteiger partial charge in [0.1, 0.15) is 5.60 Å². The molecule has 5 heteroatoms. The molecule has 1 rings (SSSR count). The van der Waals surface area contributed by atoms with Crippen molar-refractivity contribution in [3.63, 3.8) is 0 Å². The number of esters is 1. The number of hydrogen-bond donors (Lipinski definition) is 0. The molecule has 0 spiro atoms. The van der Waals surface area contributed by atoms with Gasteiger partial charge in [0.2, 0.25) is 0 Å². The van der Waals surface area contributed by atoms with Crippen LogP contribution in [0, 0.1) is 0 Å². The van der Waals surface area contributed by atoms with E-state index in [4.69, 9.17) is 9.47 Å². The van der Waals surface area contributed by atoms with Gasteiger partial charge >= 0.3 is 12.1 Å². The third kappa shape index (κ3) is 3.75. The van der Waals surface area contributed by atoms with E-state index in [1.165, 1.54) is 12.0 Å². The van der Waals surface area contributed by atoms with Crippen molar-refractivity contribution in [1.29, 1.82) is 0 Å². The van der Waals surface area contributed by atoms with Gasteiger partial charge in [-0.05, 0) is 34.1 Å². The van der Waals surface area contributed by atoms with Gasteiger partial charge in [0, 0.05) is 6.54 Å². The first kappa shape index (κ1) is 14.5. The van der Waals surface area contributed by atoms with Gasteiger partial charge < -0.3 is 14.4 Å². The summed E-state index contributed by atoms with van der Waals surface area (Å²) in [6.07, 6.45) is 0.278. The lowest BCUT2D eigenvalue weighted by Gasteiger charge is -2.31. The smallest absolute Gasteiger partial charge is 0.410 e. The Hall–Kier alpha value is -1.52. The molecule has 1 aliphatic rings. The Balaban J connectivity index is 2.74. The molecular formula is C13H21NO4. The van der Waals surface area contributed by atoms with Crippen molar-refractivity contribution in [2.75, 3.05) is 20.2 Å². The largest absolute Gasteiger partial charge is 0.466 e. The zero-order chi connectivity index (χ0) is 13.9. The molecule has 0 aromatic rings. The molecule has 0 radical (unpaired) electrons. The summed E-state index contributed by atoms with van der Waals surface area (Å²) in [4.78, 5) is 25.0. The number of carbonyl (C=O) groups excluding carboxylic acids is 2. The van der Waals surface area contributed by atoms with Gasteiger partial charge in [-0.25, -0.2) is 9.59 Å². The Morgan fingerprint density at radius 1 is 1.28 bits per heavy atom. The highest BCUT2D eigenvalue weighted by molar-refractivity contribution is 5.90. The van der Waals surface area contributed by atoms with Crippen molar-refractivity contribution >= 4 is 12.1 Å². The molecule has 0 bridgehead atoms. The minimum Gasteiger partial charge on any atom is -0.466 e. The quantitative estimate of drug-likeness (QED) is 0.673. The van der Waals surface area contributed by atoms with Crippen LogP contribution in [0.1, 0.15) is 34.1 Å². The lowest BCUT2D eigenvalue weighted by Crippen LogP contribution is -2.41. The van der Waals surface area contributed by atoms with Crippen molar-refractivity contribution in [2.45, 2.75) is 39.7 Å². The zero-order valence-electron chi connectivity index (χ0n) is 11.7. The minimum atomic E-state index is -0.529. The third-order valence-electron chi connectivity index (χ3n) is 2.70. The molecule has 5 nitrogen and oxygen atoms in total. The average molecular weight is 255 g/mol. The highest BCUT2D eigenvalue weighted by Crippen LogP contribution is 2.20. The van der Waals surface area contributed by atoms with Crippen LogP contribution in [-0.4, -0.2) is 42.8 Å². The fraction of sp³-hybridized carbons (Fsp3) is 0.692. The van der Waals surface area contributed by atoms with Gasteiger partial charge in [-0.3, -0.25) is 0 Å². The van der Waals surface area contributed by atoms with E-state index in [1.807, 2.05) is 27.7 Å². The fourth-order valence-electron chi connectivity index (χ4n) is 1.70. The molecule has 102 valence electrons. The second kappa shape index (κ2) is 5.42. The standard InChI is InChI=1S/C13H21NO4/c1-9-6-7-14(8-10(9)11(15)17-5)12(16)18-13(2,3)4/h6-8H2,1-5H3. The van der Waals surface area contributed by atoms with E-state index in [0.29, 0.717) is 18.5 Å². The normalized spacial score (nSPS) is 16.6. The van der Waals surface area contributed by atoms with Crippen molar-refractivity contribution in [2.24, 2.45) is 0 Å². The fourth-order valence-corrected chi connectivity index (χ4v) is 1.70. The summed E-state index contributed by atoms with van der Waals surface area (Å²) >= 11 is 0. The van der Waals surface area contributed by atoms with Crippen molar-refractivity contribution < 1.29 is 19.1 Å².